The number of aryl methyl sites for hydroxylation is 2. The van der Waals surface area contributed by atoms with E-state index in [1.165, 1.54) is 89.5 Å². The van der Waals surface area contributed by atoms with Crippen LogP contribution in [0.25, 0.3) is 33.1 Å². The van der Waals surface area contributed by atoms with Crippen molar-refractivity contribution in [2.45, 2.75) is 91.4 Å². The molecule has 7 aromatic carbocycles. The Hall–Kier alpha value is -6.00. The lowest BCUT2D eigenvalue weighted by Crippen LogP contribution is -2.62. The lowest BCUT2D eigenvalue weighted by atomic mass is 9.33. The molecule has 3 aliphatic rings. The van der Waals surface area contributed by atoms with Gasteiger partial charge in [0.1, 0.15) is 11.2 Å². The minimum atomic E-state index is -0.0142. The molecular weight excluding hydrogens is 727 g/mol. The molecule has 0 fully saturated rings. The van der Waals surface area contributed by atoms with Gasteiger partial charge in [-0.25, -0.2) is 0 Å². The first-order valence-electron chi connectivity index (χ1n) is 21.8. The highest BCUT2D eigenvalue weighted by atomic mass is 16.3. The van der Waals surface area contributed by atoms with Crippen molar-refractivity contribution >= 4 is 79.2 Å². The Balaban J connectivity index is 1.32. The monoisotopic (exact) mass is 780 g/mol. The molecule has 60 heavy (non-hydrogen) atoms. The summed E-state index contributed by atoms with van der Waals surface area (Å²) >= 11 is 0. The van der Waals surface area contributed by atoms with Crippen molar-refractivity contribution in [3.63, 3.8) is 0 Å². The van der Waals surface area contributed by atoms with Crippen molar-refractivity contribution in [2.24, 2.45) is 0 Å². The molecule has 4 heteroatoms. The molecule has 0 N–H and O–H groups in total. The molecule has 0 spiro atoms. The lowest BCUT2D eigenvalue weighted by molar-refractivity contribution is 0.332. The van der Waals surface area contributed by atoms with Crippen LogP contribution in [0.2, 0.25) is 0 Å². The molecule has 0 radical (unpaired) electrons. The van der Waals surface area contributed by atoms with Crippen molar-refractivity contribution in [1.82, 2.24) is 0 Å². The maximum atomic E-state index is 6.70. The summed E-state index contributed by atoms with van der Waals surface area (Å²) in [6.45, 7) is 21.3. The molecule has 8 aromatic rings. The third kappa shape index (κ3) is 5.42. The Morgan fingerprint density at radius 2 is 1.10 bits per heavy atom. The van der Waals surface area contributed by atoms with E-state index < -0.39 is 0 Å². The largest absolute Gasteiger partial charge is 0.456 e. The molecule has 2 aliphatic heterocycles. The van der Waals surface area contributed by atoms with Crippen LogP contribution in [-0.2, 0) is 16.2 Å². The van der Waals surface area contributed by atoms with Crippen LogP contribution in [0.1, 0.15) is 89.1 Å². The highest BCUT2D eigenvalue weighted by molar-refractivity contribution is 7.00. The number of para-hydroxylation sites is 2. The average molecular weight is 781 g/mol. The second-order valence-corrected chi connectivity index (χ2v) is 20.2. The van der Waals surface area contributed by atoms with Gasteiger partial charge in [-0.05, 0) is 135 Å². The van der Waals surface area contributed by atoms with Gasteiger partial charge >= 0.3 is 0 Å². The predicted molar refractivity (Wildman–Crippen MR) is 257 cm³/mol. The van der Waals surface area contributed by atoms with E-state index in [0.717, 1.165) is 34.8 Å². The summed E-state index contributed by atoms with van der Waals surface area (Å²) in [4.78, 5) is 5.19. The zero-order valence-corrected chi connectivity index (χ0v) is 36.5. The van der Waals surface area contributed by atoms with Crippen LogP contribution in [0.5, 0.6) is 0 Å². The van der Waals surface area contributed by atoms with Crippen LogP contribution >= 0.6 is 0 Å². The summed E-state index contributed by atoms with van der Waals surface area (Å²) in [5.41, 5.74) is 22.5. The number of hydrogen-bond acceptors (Lipinski definition) is 3. The van der Waals surface area contributed by atoms with Crippen molar-refractivity contribution in [3.05, 3.63) is 161 Å². The number of nitrogens with zero attached hydrogens (tertiary/aromatic N) is 2. The number of rotatable bonds is 3. The minimum Gasteiger partial charge on any atom is -0.456 e. The quantitative estimate of drug-likeness (QED) is 0.167. The van der Waals surface area contributed by atoms with E-state index in [2.05, 4.69) is 206 Å². The number of benzene rings is 7. The zero-order chi connectivity index (χ0) is 41.5. The number of anilines is 6. The van der Waals surface area contributed by atoms with Gasteiger partial charge in [-0.3, -0.25) is 0 Å². The van der Waals surface area contributed by atoms with E-state index in [1.807, 2.05) is 0 Å². The maximum Gasteiger partial charge on any atom is 0.252 e. The fourth-order valence-corrected chi connectivity index (χ4v) is 10.8. The van der Waals surface area contributed by atoms with Gasteiger partial charge < -0.3 is 14.2 Å². The molecule has 0 bridgehead atoms. The van der Waals surface area contributed by atoms with Gasteiger partial charge in [-0.1, -0.05) is 139 Å². The second kappa shape index (κ2) is 12.8. The average Bonchev–Trinajstić information content (AvgIpc) is 3.59. The van der Waals surface area contributed by atoms with Gasteiger partial charge in [0.25, 0.3) is 6.71 Å². The van der Waals surface area contributed by atoms with Gasteiger partial charge in [-0.15, -0.1) is 0 Å². The fourth-order valence-electron chi connectivity index (χ4n) is 10.8. The molecule has 0 saturated heterocycles. The smallest absolute Gasteiger partial charge is 0.252 e. The molecule has 3 nitrogen and oxygen atoms in total. The van der Waals surface area contributed by atoms with Crippen LogP contribution in [0.4, 0.5) is 34.1 Å². The van der Waals surface area contributed by atoms with Gasteiger partial charge in [0.2, 0.25) is 0 Å². The Kier molecular flexibility index (Phi) is 7.87. The minimum absolute atomic E-state index is 0.0142. The first kappa shape index (κ1) is 37.0. The van der Waals surface area contributed by atoms with Gasteiger partial charge in [-0.2, -0.15) is 0 Å². The lowest BCUT2D eigenvalue weighted by Gasteiger charge is -2.48. The van der Waals surface area contributed by atoms with Crippen molar-refractivity contribution in [3.8, 4) is 11.1 Å². The highest BCUT2D eigenvalue weighted by Crippen LogP contribution is 2.52. The van der Waals surface area contributed by atoms with Crippen LogP contribution in [0.3, 0.4) is 0 Å². The molecule has 0 saturated carbocycles. The summed E-state index contributed by atoms with van der Waals surface area (Å²) in [6, 6.07) is 50.5. The van der Waals surface area contributed by atoms with Gasteiger partial charge in [0.05, 0.1) is 0 Å². The molecule has 11 rings (SSSR count). The van der Waals surface area contributed by atoms with Gasteiger partial charge in [0, 0.05) is 51.0 Å². The summed E-state index contributed by atoms with van der Waals surface area (Å²) in [5, 5.41) is 2.32. The van der Waals surface area contributed by atoms with E-state index in [4.69, 9.17) is 4.42 Å². The zero-order valence-electron chi connectivity index (χ0n) is 36.5. The summed E-state index contributed by atoms with van der Waals surface area (Å²) in [5.74, 6) is 0. The van der Waals surface area contributed by atoms with Crippen LogP contribution in [0.15, 0.2) is 138 Å². The highest BCUT2D eigenvalue weighted by Gasteiger charge is 2.47. The summed E-state index contributed by atoms with van der Waals surface area (Å²) in [6.07, 6.45) is 2.32. The molecule has 3 heterocycles. The molecule has 1 aliphatic carbocycles. The topological polar surface area (TPSA) is 19.6 Å². The first-order chi connectivity index (χ1) is 28.7. The number of furan rings is 1. The van der Waals surface area contributed by atoms with E-state index in [9.17, 15) is 0 Å². The predicted octanol–water partition coefficient (Wildman–Crippen LogP) is 13.6. The Bertz CT molecular complexity index is 3070. The Morgan fingerprint density at radius 1 is 0.500 bits per heavy atom. The summed E-state index contributed by atoms with van der Waals surface area (Å²) in [7, 11) is 0. The third-order valence-electron chi connectivity index (χ3n) is 14.3. The van der Waals surface area contributed by atoms with E-state index in [1.54, 1.807) is 0 Å². The Morgan fingerprint density at radius 3 is 1.78 bits per heavy atom. The normalized spacial score (nSPS) is 16.1. The van der Waals surface area contributed by atoms with Crippen molar-refractivity contribution < 1.29 is 4.42 Å². The van der Waals surface area contributed by atoms with Gasteiger partial charge in [0.15, 0.2) is 0 Å². The summed E-state index contributed by atoms with van der Waals surface area (Å²) < 4.78 is 6.70. The van der Waals surface area contributed by atoms with Crippen molar-refractivity contribution in [2.75, 3.05) is 9.80 Å². The van der Waals surface area contributed by atoms with Crippen molar-refractivity contribution in [1.29, 1.82) is 0 Å². The third-order valence-corrected chi connectivity index (χ3v) is 14.3. The van der Waals surface area contributed by atoms with E-state index in [0.29, 0.717) is 0 Å². The van der Waals surface area contributed by atoms with E-state index >= 15 is 0 Å². The van der Waals surface area contributed by atoms with Crippen LogP contribution in [-0.4, -0.2) is 6.71 Å². The molecule has 296 valence electrons. The molecule has 0 amide bonds. The standard InChI is InChI=1S/C56H53BN2O/c1-34-17-13-15-21-45(34)58-48-33-52-40(39-20-14-16-22-51(39)60-52)30-43(48)57-44-31-41-42(56(8,9)26-25-55(41,6)7)32-47(44)59(46-24-23-38(27-35(46)2)54(3,4)5)50-29-37(28-49(58)53(50)57)36-18-11-10-12-19-36/h10-24,27-33H,25-26H2,1-9H3. The Labute approximate surface area is 355 Å². The van der Waals surface area contributed by atoms with E-state index in [-0.39, 0.29) is 23.0 Å². The number of hydrogen-bond donors (Lipinski definition) is 0. The van der Waals surface area contributed by atoms with Crippen LogP contribution < -0.4 is 26.2 Å². The first-order valence-corrected chi connectivity index (χ1v) is 21.8. The maximum absolute atomic E-state index is 6.70. The molecular formula is C56H53BN2O. The second-order valence-electron chi connectivity index (χ2n) is 20.2. The molecule has 0 unspecified atom stereocenters. The molecule has 1 aromatic heterocycles. The SMILES string of the molecule is Cc1cc(C(C)(C)C)ccc1N1c2cc3c(cc2B2c4cc5c(cc4N(c4ccccc4C)c4cc(-c6ccccc6)cc1c42)oc1ccccc15)C(C)(C)CCC3(C)C. The number of fused-ring (bicyclic) bond motifs is 8. The fraction of sp³-hybridized carbons (Fsp3) is 0.250. The van der Waals surface area contributed by atoms with Crippen LogP contribution in [0, 0.1) is 13.8 Å². The molecule has 0 atom stereocenters.